The molecule has 234 valence electrons. The highest BCUT2D eigenvalue weighted by molar-refractivity contribution is 6.00. The van der Waals surface area contributed by atoms with Gasteiger partial charge in [0, 0.05) is 34.1 Å². The second-order valence-electron chi connectivity index (χ2n) is 12.2. The predicted molar refractivity (Wildman–Crippen MR) is 205 cm³/mol. The van der Waals surface area contributed by atoms with E-state index in [1.54, 1.807) is 0 Å². The van der Waals surface area contributed by atoms with Crippen molar-refractivity contribution in [3.8, 4) is 0 Å². The number of anilines is 9. The molecular weight excluding hydrogens is 583 g/mol. The first-order chi connectivity index (χ1) is 23.6. The Morgan fingerprint density at radius 3 is 0.854 bits per heavy atom. The summed E-state index contributed by atoms with van der Waals surface area (Å²) in [5.41, 5.74) is 13.3. The van der Waals surface area contributed by atoms with E-state index in [-0.39, 0.29) is 0 Å². The maximum atomic E-state index is 2.40. The first-order valence-corrected chi connectivity index (χ1v) is 16.5. The number of rotatable bonds is 9. The van der Waals surface area contributed by atoms with E-state index in [1.165, 1.54) is 16.7 Å². The van der Waals surface area contributed by atoms with Crippen LogP contribution < -0.4 is 14.7 Å². The highest BCUT2D eigenvalue weighted by atomic mass is 15.3. The van der Waals surface area contributed by atoms with Crippen LogP contribution in [0.1, 0.15) is 16.7 Å². The lowest BCUT2D eigenvalue weighted by Gasteiger charge is -2.37. The molecule has 3 nitrogen and oxygen atoms in total. The van der Waals surface area contributed by atoms with E-state index in [0.29, 0.717) is 0 Å². The van der Waals surface area contributed by atoms with E-state index in [1.807, 2.05) is 0 Å². The van der Waals surface area contributed by atoms with Crippen molar-refractivity contribution in [2.75, 3.05) is 14.7 Å². The molecule has 0 aliphatic rings. The maximum absolute atomic E-state index is 2.40. The Morgan fingerprint density at radius 2 is 0.521 bits per heavy atom. The summed E-state index contributed by atoms with van der Waals surface area (Å²) in [6.07, 6.45) is 0. The molecule has 0 amide bonds. The molecule has 0 N–H and O–H groups in total. The van der Waals surface area contributed by atoms with E-state index < -0.39 is 0 Å². The Labute approximate surface area is 284 Å². The monoisotopic (exact) mass is 621 g/mol. The predicted octanol–water partition coefficient (Wildman–Crippen LogP) is 13.0. The maximum Gasteiger partial charge on any atom is 0.0946 e. The number of hydrogen-bond acceptors (Lipinski definition) is 3. The van der Waals surface area contributed by atoms with Crippen molar-refractivity contribution in [1.82, 2.24) is 0 Å². The average Bonchev–Trinajstić information content (AvgIpc) is 3.13. The fourth-order valence-electron chi connectivity index (χ4n) is 6.18. The van der Waals surface area contributed by atoms with E-state index in [4.69, 9.17) is 0 Å². The Bertz CT molecular complexity index is 1970. The van der Waals surface area contributed by atoms with Crippen molar-refractivity contribution >= 4 is 51.2 Å². The minimum absolute atomic E-state index is 1.06. The smallest absolute Gasteiger partial charge is 0.0946 e. The van der Waals surface area contributed by atoms with Gasteiger partial charge in [-0.1, -0.05) is 114 Å². The van der Waals surface area contributed by atoms with Crippen molar-refractivity contribution in [3.63, 3.8) is 0 Å². The van der Waals surface area contributed by atoms with E-state index in [9.17, 15) is 0 Å². The van der Waals surface area contributed by atoms with E-state index in [2.05, 4.69) is 217 Å². The van der Waals surface area contributed by atoms with Crippen molar-refractivity contribution in [1.29, 1.82) is 0 Å². The van der Waals surface area contributed by atoms with Gasteiger partial charge < -0.3 is 14.7 Å². The molecule has 0 aromatic heterocycles. The van der Waals surface area contributed by atoms with Crippen LogP contribution in [0.15, 0.2) is 182 Å². The van der Waals surface area contributed by atoms with Gasteiger partial charge in [0.25, 0.3) is 0 Å². The molecule has 7 aromatic carbocycles. The molecule has 0 aliphatic heterocycles. The molecule has 0 aliphatic carbocycles. The molecule has 0 bridgehead atoms. The van der Waals surface area contributed by atoms with Crippen LogP contribution in [0, 0.1) is 20.8 Å². The highest BCUT2D eigenvalue weighted by Gasteiger charge is 2.28. The van der Waals surface area contributed by atoms with Gasteiger partial charge in [0.05, 0.1) is 17.1 Å². The van der Waals surface area contributed by atoms with Gasteiger partial charge in [-0.2, -0.15) is 0 Å². The lowest BCUT2D eigenvalue weighted by molar-refractivity contribution is 1.19. The zero-order chi connectivity index (χ0) is 32.9. The third-order valence-electron chi connectivity index (χ3n) is 8.62. The Morgan fingerprint density at radius 1 is 0.250 bits per heavy atom. The zero-order valence-corrected chi connectivity index (χ0v) is 27.7. The van der Waals surface area contributed by atoms with Crippen molar-refractivity contribution < 1.29 is 0 Å². The van der Waals surface area contributed by atoms with Crippen LogP contribution in [-0.2, 0) is 0 Å². The van der Waals surface area contributed by atoms with Gasteiger partial charge in [-0.25, -0.2) is 0 Å². The molecule has 0 unspecified atom stereocenters. The van der Waals surface area contributed by atoms with Crippen LogP contribution in [-0.4, -0.2) is 0 Å². The van der Waals surface area contributed by atoms with Crippen molar-refractivity contribution in [2.24, 2.45) is 0 Å². The van der Waals surface area contributed by atoms with E-state index in [0.717, 1.165) is 51.2 Å². The average molecular weight is 622 g/mol. The second-order valence-corrected chi connectivity index (χ2v) is 12.2. The molecule has 0 saturated heterocycles. The van der Waals surface area contributed by atoms with Gasteiger partial charge in [0.15, 0.2) is 0 Å². The van der Waals surface area contributed by atoms with Gasteiger partial charge >= 0.3 is 0 Å². The van der Waals surface area contributed by atoms with Crippen LogP contribution in [0.2, 0.25) is 0 Å². The first kappa shape index (κ1) is 30.6. The molecule has 0 fully saturated rings. The molecule has 7 rings (SSSR count). The van der Waals surface area contributed by atoms with E-state index >= 15 is 0 Å². The fraction of sp³-hybridized carbons (Fsp3) is 0.0667. The SMILES string of the molecule is Cc1ccc(N(c2ccccc2)c2cccc(N(c3ccccc3)c3ccc(C)cc3)c2N(c2ccccc2)c2ccc(C)cc2)cc1. The lowest BCUT2D eigenvalue weighted by Crippen LogP contribution is -2.21. The summed E-state index contributed by atoms with van der Waals surface area (Å²) in [7, 11) is 0. The fourth-order valence-corrected chi connectivity index (χ4v) is 6.18. The molecule has 0 atom stereocenters. The van der Waals surface area contributed by atoms with Crippen LogP contribution in [0.25, 0.3) is 0 Å². The molecule has 0 heterocycles. The van der Waals surface area contributed by atoms with Gasteiger partial charge in [-0.3, -0.25) is 0 Å². The summed E-state index contributed by atoms with van der Waals surface area (Å²) in [5.74, 6) is 0. The number of benzene rings is 7. The quantitative estimate of drug-likeness (QED) is 0.159. The molecule has 0 radical (unpaired) electrons. The standard InChI is InChI=1S/C45H39N3/c1-34-22-28-40(29-23-34)46(37-14-7-4-8-15-37)43-20-13-21-44(47(38-16-9-5-10-17-38)41-30-24-35(2)25-31-41)45(43)48(39-18-11-6-12-19-39)42-32-26-36(3)27-33-42/h4-33H,1-3H3. The first-order valence-electron chi connectivity index (χ1n) is 16.5. The highest BCUT2D eigenvalue weighted by Crippen LogP contribution is 2.52. The summed E-state index contributed by atoms with van der Waals surface area (Å²) in [6.45, 7) is 6.41. The van der Waals surface area contributed by atoms with Crippen LogP contribution in [0.3, 0.4) is 0 Å². The largest absolute Gasteiger partial charge is 0.308 e. The van der Waals surface area contributed by atoms with Crippen LogP contribution in [0.5, 0.6) is 0 Å². The Kier molecular flexibility index (Phi) is 8.76. The minimum atomic E-state index is 1.06. The molecular formula is C45H39N3. The zero-order valence-electron chi connectivity index (χ0n) is 27.7. The summed E-state index contributed by atoms with van der Waals surface area (Å²) in [4.78, 5) is 7.15. The summed E-state index contributed by atoms with van der Waals surface area (Å²) >= 11 is 0. The molecule has 48 heavy (non-hydrogen) atoms. The van der Waals surface area contributed by atoms with Gasteiger partial charge in [0.2, 0.25) is 0 Å². The van der Waals surface area contributed by atoms with Gasteiger partial charge in [-0.05, 0) is 106 Å². The number of hydrogen-bond donors (Lipinski definition) is 0. The normalized spacial score (nSPS) is 10.8. The Hall–Kier alpha value is -6.06. The topological polar surface area (TPSA) is 9.72 Å². The molecule has 0 saturated carbocycles. The van der Waals surface area contributed by atoms with Crippen molar-refractivity contribution in [2.45, 2.75) is 20.8 Å². The van der Waals surface area contributed by atoms with Gasteiger partial charge in [-0.15, -0.1) is 0 Å². The van der Waals surface area contributed by atoms with Crippen LogP contribution in [0.4, 0.5) is 51.2 Å². The minimum Gasteiger partial charge on any atom is -0.308 e. The summed E-state index contributed by atoms with van der Waals surface area (Å²) < 4.78 is 0. The number of aryl methyl sites for hydroxylation is 3. The van der Waals surface area contributed by atoms with Gasteiger partial charge in [0.1, 0.15) is 0 Å². The third-order valence-corrected chi connectivity index (χ3v) is 8.62. The Balaban J connectivity index is 1.60. The summed E-state index contributed by atoms with van der Waals surface area (Å²) in [5, 5.41) is 0. The van der Waals surface area contributed by atoms with Crippen LogP contribution >= 0.6 is 0 Å². The molecule has 3 heteroatoms. The van der Waals surface area contributed by atoms with Crippen molar-refractivity contribution in [3.05, 3.63) is 199 Å². The number of nitrogens with zero attached hydrogens (tertiary/aromatic N) is 3. The number of para-hydroxylation sites is 4. The summed E-state index contributed by atoms with van der Waals surface area (Å²) in [6, 6.07) is 65.1. The molecule has 7 aromatic rings. The molecule has 0 spiro atoms. The second kappa shape index (κ2) is 13.7. The third kappa shape index (κ3) is 6.31. The lowest BCUT2D eigenvalue weighted by atomic mass is 10.1.